The smallest absolute Gasteiger partial charge is 0.306 e. The highest BCUT2D eigenvalue weighted by Gasteiger charge is 2.26. The van der Waals surface area contributed by atoms with Crippen LogP contribution in [0, 0.1) is 5.92 Å². The summed E-state index contributed by atoms with van der Waals surface area (Å²) in [6.07, 6.45) is 2.01. The van der Waals surface area contributed by atoms with Gasteiger partial charge in [0.2, 0.25) is 5.91 Å². The standard InChI is InChI=1S/C16H19Cl2NO4/c17-12-3-4-14(13(18)10-12)23-9-1-2-15(20)19-7-5-11(6-8-19)16(21)22/h3-4,10-11H,1-2,5-9H2,(H,21,22). The van der Waals surface area contributed by atoms with Gasteiger partial charge in [0.05, 0.1) is 17.5 Å². The second kappa shape index (κ2) is 8.41. The molecule has 0 spiro atoms. The Kier molecular flexibility index (Phi) is 6.54. The molecule has 5 nitrogen and oxygen atoms in total. The molecule has 0 unspecified atom stereocenters. The number of rotatable bonds is 6. The number of benzene rings is 1. The van der Waals surface area contributed by atoms with Gasteiger partial charge >= 0.3 is 5.97 Å². The Morgan fingerprint density at radius 1 is 1.26 bits per heavy atom. The molecule has 1 saturated heterocycles. The summed E-state index contributed by atoms with van der Waals surface area (Å²) in [6, 6.07) is 5.00. The molecule has 0 bridgehead atoms. The normalized spacial score (nSPS) is 15.5. The zero-order valence-corrected chi connectivity index (χ0v) is 14.1. The van der Waals surface area contributed by atoms with Gasteiger partial charge in [-0.25, -0.2) is 0 Å². The van der Waals surface area contributed by atoms with Gasteiger partial charge in [-0.3, -0.25) is 9.59 Å². The maximum absolute atomic E-state index is 12.1. The third kappa shape index (κ3) is 5.29. The van der Waals surface area contributed by atoms with E-state index in [2.05, 4.69) is 0 Å². The molecule has 0 radical (unpaired) electrons. The molecule has 1 aliphatic heterocycles. The highest BCUT2D eigenvalue weighted by molar-refractivity contribution is 6.35. The van der Waals surface area contributed by atoms with Gasteiger partial charge in [-0.15, -0.1) is 0 Å². The predicted octanol–water partition coefficient (Wildman–Crippen LogP) is 3.48. The van der Waals surface area contributed by atoms with E-state index in [-0.39, 0.29) is 11.8 Å². The number of hydrogen-bond donors (Lipinski definition) is 1. The summed E-state index contributed by atoms with van der Waals surface area (Å²) < 4.78 is 5.54. The van der Waals surface area contributed by atoms with Crippen molar-refractivity contribution < 1.29 is 19.4 Å². The number of hydrogen-bond acceptors (Lipinski definition) is 3. The first-order valence-corrected chi connectivity index (χ1v) is 8.31. The molecule has 0 aromatic heterocycles. The zero-order chi connectivity index (χ0) is 16.8. The molecule has 7 heteroatoms. The molecular formula is C16H19Cl2NO4. The number of carboxylic acids is 1. The van der Waals surface area contributed by atoms with Crippen LogP contribution in [0.3, 0.4) is 0 Å². The Bertz CT molecular complexity index is 571. The van der Waals surface area contributed by atoms with Crippen LogP contribution >= 0.6 is 23.2 Å². The monoisotopic (exact) mass is 359 g/mol. The maximum atomic E-state index is 12.1. The number of halogens is 2. The van der Waals surface area contributed by atoms with Crippen LogP contribution in [0.15, 0.2) is 18.2 Å². The van der Waals surface area contributed by atoms with Crippen LogP contribution in [0.1, 0.15) is 25.7 Å². The molecule has 0 aliphatic carbocycles. The summed E-state index contributed by atoms with van der Waals surface area (Å²) in [4.78, 5) is 24.7. The van der Waals surface area contributed by atoms with Crippen LogP contribution in [-0.4, -0.2) is 41.6 Å². The lowest BCUT2D eigenvalue weighted by atomic mass is 9.97. The number of carbonyl (C=O) groups excluding carboxylic acids is 1. The van der Waals surface area contributed by atoms with Crippen molar-refractivity contribution in [2.75, 3.05) is 19.7 Å². The predicted molar refractivity (Wildman–Crippen MR) is 88.1 cm³/mol. The van der Waals surface area contributed by atoms with Crippen molar-refractivity contribution in [2.24, 2.45) is 5.92 Å². The Morgan fingerprint density at radius 2 is 1.96 bits per heavy atom. The largest absolute Gasteiger partial charge is 0.492 e. The lowest BCUT2D eigenvalue weighted by molar-refractivity contribution is -0.145. The highest BCUT2D eigenvalue weighted by Crippen LogP contribution is 2.27. The summed E-state index contributed by atoms with van der Waals surface area (Å²) >= 11 is 11.8. The van der Waals surface area contributed by atoms with Gasteiger partial charge in [0.1, 0.15) is 5.75 Å². The highest BCUT2D eigenvalue weighted by atomic mass is 35.5. The van der Waals surface area contributed by atoms with Gasteiger partial charge in [-0.2, -0.15) is 0 Å². The van der Waals surface area contributed by atoms with E-state index in [1.807, 2.05) is 0 Å². The number of likely N-dealkylation sites (tertiary alicyclic amines) is 1. The van der Waals surface area contributed by atoms with E-state index in [1.165, 1.54) is 0 Å². The molecule has 1 aromatic carbocycles. The Labute approximate surface area is 145 Å². The van der Waals surface area contributed by atoms with Gasteiger partial charge in [-0.1, -0.05) is 23.2 Å². The topological polar surface area (TPSA) is 66.8 Å². The van der Waals surface area contributed by atoms with Gasteiger partial charge in [0.15, 0.2) is 0 Å². The number of amides is 1. The van der Waals surface area contributed by atoms with E-state index in [1.54, 1.807) is 23.1 Å². The minimum atomic E-state index is -0.773. The first kappa shape index (κ1) is 17.9. The van der Waals surface area contributed by atoms with E-state index < -0.39 is 5.97 Å². The lowest BCUT2D eigenvalue weighted by Crippen LogP contribution is -2.40. The summed E-state index contributed by atoms with van der Waals surface area (Å²) in [6.45, 7) is 1.41. The molecule has 1 N–H and O–H groups in total. The molecule has 1 heterocycles. The molecule has 1 fully saturated rings. The van der Waals surface area contributed by atoms with E-state index in [0.29, 0.717) is 61.2 Å². The first-order valence-electron chi connectivity index (χ1n) is 7.56. The van der Waals surface area contributed by atoms with Crippen LogP contribution in [0.5, 0.6) is 5.75 Å². The lowest BCUT2D eigenvalue weighted by Gasteiger charge is -2.30. The molecule has 2 rings (SSSR count). The van der Waals surface area contributed by atoms with Gasteiger partial charge < -0.3 is 14.7 Å². The Morgan fingerprint density at radius 3 is 2.57 bits per heavy atom. The van der Waals surface area contributed by atoms with Crippen molar-refractivity contribution in [3.8, 4) is 5.75 Å². The van der Waals surface area contributed by atoms with Crippen molar-refractivity contribution in [3.63, 3.8) is 0 Å². The Hall–Kier alpha value is -1.46. The molecule has 1 aliphatic rings. The maximum Gasteiger partial charge on any atom is 0.306 e. The summed E-state index contributed by atoms with van der Waals surface area (Å²) in [5, 5.41) is 9.93. The van der Waals surface area contributed by atoms with E-state index in [4.69, 9.17) is 33.0 Å². The number of carbonyl (C=O) groups is 2. The van der Waals surface area contributed by atoms with Crippen LogP contribution in [0.25, 0.3) is 0 Å². The number of nitrogens with zero attached hydrogens (tertiary/aromatic N) is 1. The van der Waals surface area contributed by atoms with Crippen molar-refractivity contribution in [2.45, 2.75) is 25.7 Å². The number of piperidine rings is 1. The minimum Gasteiger partial charge on any atom is -0.492 e. The average Bonchev–Trinajstić information content (AvgIpc) is 2.53. The molecule has 1 amide bonds. The fourth-order valence-electron chi connectivity index (χ4n) is 2.53. The molecule has 0 saturated carbocycles. The summed E-state index contributed by atoms with van der Waals surface area (Å²) in [5.74, 6) is -0.509. The number of carboxylic acid groups (broad SMARTS) is 1. The minimum absolute atomic E-state index is 0.0413. The van der Waals surface area contributed by atoms with Crippen molar-refractivity contribution in [1.29, 1.82) is 0 Å². The molecule has 126 valence electrons. The zero-order valence-electron chi connectivity index (χ0n) is 12.6. The van der Waals surface area contributed by atoms with E-state index in [9.17, 15) is 9.59 Å². The van der Waals surface area contributed by atoms with Gasteiger partial charge in [0, 0.05) is 24.5 Å². The SMILES string of the molecule is O=C(O)C1CCN(C(=O)CCCOc2ccc(Cl)cc2Cl)CC1. The summed E-state index contributed by atoms with van der Waals surface area (Å²) in [7, 11) is 0. The average molecular weight is 360 g/mol. The van der Waals surface area contributed by atoms with Crippen LogP contribution in [0.4, 0.5) is 0 Å². The van der Waals surface area contributed by atoms with Gasteiger partial charge in [0.25, 0.3) is 0 Å². The Balaban J connectivity index is 1.68. The molecule has 0 atom stereocenters. The van der Waals surface area contributed by atoms with Crippen molar-refractivity contribution in [1.82, 2.24) is 4.90 Å². The molecule has 1 aromatic rings. The second-order valence-corrected chi connectivity index (χ2v) is 6.36. The quantitative estimate of drug-likeness (QED) is 0.789. The van der Waals surface area contributed by atoms with Crippen LogP contribution < -0.4 is 4.74 Å². The number of ether oxygens (including phenoxy) is 1. The van der Waals surface area contributed by atoms with Crippen LogP contribution in [0.2, 0.25) is 10.0 Å². The van der Waals surface area contributed by atoms with Crippen molar-refractivity contribution in [3.05, 3.63) is 28.2 Å². The molecular weight excluding hydrogens is 341 g/mol. The van der Waals surface area contributed by atoms with E-state index in [0.717, 1.165) is 0 Å². The fraction of sp³-hybridized carbons (Fsp3) is 0.500. The van der Waals surface area contributed by atoms with E-state index >= 15 is 0 Å². The van der Waals surface area contributed by atoms with Crippen LogP contribution in [-0.2, 0) is 9.59 Å². The number of aliphatic carboxylic acids is 1. The third-order valence-corrected chi connectivity index (χ3v) is 4.41. The summed E-state index contributed by atoms with van der Waals surface area (Å²) in [5.41, 5.74) is 0. The fourth-order valence-corrected chi connectivity index (χ4v) is 2.99. The molecule has 23 heavy (non-hydrogen) atoms. The third-order valence-electron chi connectivity index (χ3n) is 3.88. The first-order chi connectivity index (χ1) is 11.0. The van der Waals surface area contributed by atoms with Crippen molar-refractivity contribution >= 4 is 35.1 Å². The van der Waals surface area contributed by atoms with Gasteiger partial charge in [-0.05, 0) is 37.5 Å². The second-order valence-electron chi connectivity index (χ2n) is 5.52.